The molecule has 1 N–H and O–H groups in total. The largest absolute Gasteiger partial charge is 0.304 e. The number of aryl methyl sites for hydroxylation is 1. The first-order chi connectivity index (χ1) is 13.7. The van der Waals surface area contributed by atoms with Crippen LogP contribution in [-0.2, 0) is 23.0 Å². The van der Waals surface area contributed by atoms with Gasteiger partial charge in [-0.2, -0.15) is 8.42 Å². The van der Waals surface area contributed by atoms with Crippen LogP contribution >= 0.6 is 11.8 Å². The predicted octanol–water partition coefficient (Wildman–Crippen LogP) is 3.75. The molecular formula is C22H30N2O3S2. The Balaban J connectivity index is 0.000000431. The van der Waals surface area contributed by atoms with Crippen molar-refractivity contribution >= 4 is 21.9 Å². The van der Waals surface area contributed by atoms with Crippen LogP contribution in [0.5, 0.6) is 0 Å². The van der Waals surface area contributed by atoms with Gasteiger partial charge in [0.1, 0.15) is 0 Å². The van der Waals surface area contributed by atoms with E-state index in [0.29, 0.717) is 12.3 Å². The van der Waals surface area contributed by atoms with Crippen LogP contribution in [0.2, 0.25) is 0 Å². The molecule has 4 rings (SSSR count). The molecule has 2 heterocycles. The summed E-state index contributed by atoms with van der Waals surface area (Å²) in [7, 11) is -1.43. The van der Waals surface area contributed by atoms with Crippen LogP contribution in [0.25, 0.3) is 0 Å². The normalized spacial score (nSPS) is 20.1. The number of hydrogen-bond donors (Lipinski definition) is 1. The van der Waals surface area contributed by atoms with Gasteiger partial charge in [-0.1, -0.05) is 49.0 Å². The van der Waals surface area contributed by atoms with E-state index in [-0.39, 0.29) is 0 Å². The van der Waals surface area contributed by atoms with Gasteiger partial charge in [0.15, 0.2) is 0 Å². The van der Waals surface area contributed by atoms with Crippen LogP contribution < -0.4 is 0 Å². The van der Waals surface area contributed by atoms with E-state index in [2.05, 4.69) is 66.2 Å². The summed E-state index contributed by atoms with van der Waals surface area (Å²) >= 11 is 1.96. The molecule has 2 aliphatic heterocycles. The molecule has 2 aromatic rings. The highest BCUT2D eigenvalue weighted by Gasteiger charge is 2.29. The summed E-state index contributed by atoms with van der Waals surface area (Å²) in [5.74, 6) is 0. The molecule has 0 radical (unpaired) electrons. The number of nitrogens with zero attached hydrogens (tertiary/aromatic N) is 2. The van der Waals surface area contributed by atoms with Gasteiger partial charge in [-0.25, -0.2) is 0 Å². The lowest BCUT2D eigenvalue weighted by Crippen LogP contribution is -2.46. The molecule has 29 heavy (non-hydrogen) atoms. The Morgan fingerprint density at radius 3 is 2.38 bits per heavy atom. The lowest BCUT2D eigenvalue weighted by molar-refractivity contribution is 0.110. The molecule has 2 aliphatic rings. The minimum Gasteiger partial charge on any atom is -0.304 e. The third kappa shape index (κ3) is 6.30. The summed E-state index contributed by atoms with van der Waals surface area (Å²) < 4.78 is 25.9. The second kappa shape index (κ2) is 9.62. The van der Waals surface area contributed by atoms with Gasteiger partial charge in [0, 0.05) is 42.0 Å². The molecule has 5 nitrogen and oxygen atoms in total. The predicted molar refractivity (Wildman–Crippen MR) is 119 cm³/mol. The summed E-state index contributed by atoms with van der Waals surface area (Å²) in [5, 5.41) is 0. The van der Waals surface area contributed by atoms with Gasteiger partial charge in [0.2, 0.25) is 0 Å². The molecule has 0 spiro atoms. The summed E-state index contributed by atoms with van der Waals surface area (Å²) in [6.45, 7) is 6.93. The Bertz CT molecular complexity index is 931. The zero-order valence-electron chi connectivity index (χ0n) is 17.3. The van der Waals surface area contributed by atoms with Crippen molar-refractivity contribution in [3.63, 3.8) is 0 Å². The molecule has 0 aliphatic carbocycles. The fourth-order valence-electron chi connectivity index (χ4n) is 3.83. The van der Waals surface area contributed by atoms with Crippen LogP contribution in [0.3, 0.4) is 0 Å². The Hall–Kier alpha value is -1.38. The van der Waals surface area contributed by atoms with E-state index in [1.54, 1.807) is 0 Å². The average Bonchev–Trinajstić information content (AvgIpc) is 2.83. The molecule has 0 amide bonds. The zero-order valence-corrected chi connectivity index (χ0v) is 19.0. The van der Waals surface area contributed by atoms with Gasteiger partial charge < -0.3 is 4.90 Å². The molecule has 158 valence electrons. The van der Waals surface area contributed by atoms with Gasteiger partial charge >= 0.3 is 0 Å². The van der Waals surface area contributed by atoms with Crippen molar-refractivity contribution in [1.29, 1.82) is 0 Å². The fraction of sp³-hybridized carbons (Fsp3) is 0.455. The first-order valence-electron chi connectivity index (χ1n) is 9.98. The van der Waals surface area contributed by atoms with Crippen molar-refractivity contribution in [3.05, 3.63) is 59.2 Å². The number of piperazine rings is 1. The molecule has 2 aromatic carbocycles. The summed E-state index contributed by atoms with van der Waals surface area (Å²) in [4.78, 5) is 8.04. The van der Waals surface area contributed by atoms with Crippen LogP contribution in [0.15, 0.2) is 52.3 Å². The van der Waals surface area contributed by atoms with E-state index >= 15 is 0 Å². The standard InChI is InChI=1S/C21H26N2S.CH4O3S/c1-3-16-8-9-18-19(23-12-10-22(2)11-13-23)15-17-6-4-5-7-20(17)24-21(18)14-16;1-5(2,3)4/h4-9,14,19H,3,10-13,15H2,1-2H3;1H3,(H,2,3,4). The van der Waals surface area contributed by atoms with Gasteiger partial charge in [-0.05, 0) is 48.7 Å². The Labute approximate surface area is 178 Å². The maximum absolute atomic E-state index is 9.19. The fourth-order valence-corrected chi connectivity index (χ4v) is 5.03. The topological polar surface area (TPSA) is 60.9 Å². The summed E-state index contributed by atoms with van der Waals surface area (Å²) in [5.41, 5.74) is 4.47. The lowest BCUT2D eigenvalue weighted by atomic mass is 9.95. The van der Waals surface area contributed by atoms with Crippen molar-refractivity contribution in [1.82, 2.24) is 9.80 Å². The lowest BCUT2D eigenvalue weighted by Gasteiger charge is -2.38. The van der Waals surface area contributed by atoms with E-state index in [4.69, 9.17) is 4.55 Å². The first kappa shape index (κ1) is 22.3. The molecule has 7 heteroatoms. The highest BCUT2D eigenvalue weighted by atomic mass is 32.2. The average molecular weight is 435 g/mol. The quantitative estimate of drug-likeness (QED) is 0.727. The molecule has 1 saturated heterocycles. The van der Waals surface area contributed by atoms with Gasteiger partial charge in [0.25, 0.3) is 10.1 Å². The molecule has 1 atom stereocenters. The number of fused-ring (bicyclic) bond motifs is 2. The molecule has 1 unspecified atom stereocenters. The summed E-state index contributed by atoms with van der Waals surface area (Å²) in [6.07, 6.45) is 2.95. The van der Waals surface area contributed by atoms with Crippen molar-refractivity contribution in [2.75, 3.05) is 39.5 Å². The Morgan fingerprint density at radius 2 is 1.72 bits per heavy atom. The van der Waals surface area contributed by atoms with E-state index in [1.165, 1.54) is 52.7 Å². The second-order valence-electron chi connectivity index (χ2n) is 7.73. The summed E-state index contributed by atoms with van der Waals surface area (Å²) in [6, 6.07) is 16.6. The highest BCUT2D eigenvalue weighted by Crippen LogP contribution is 2.43. The monoisotopic (exact) mass is 434 g/mol. The van der Waals surface area contributed by atoms with Crippen molar-refractivity contribution in [3.8, 4) is 0 Å². The van der Waals surface area contributed by atoms with E-state index in [9.17, 15) is 8.42 Å². The third-order valence-corrected chi connectivity index (χ3v) is 6.62. The number of likely N-dealkylation sites (N-methyl/N-ethyl adjacent to an activating group) is 1. The van der Waals surface area contributed by atoms with Crippen LogP contribution in [0.1, 0.15) is 29.7 Å². The van der Waals surface area contributed by atoms with Crippen molar-refractivity contribution in [2.24, 2.45) is 0 Å². The molecule has 0 aromatic heterocycles. The van der Waals surface area contributed by atoms with Gasteiger partial charge in [-0.15, -0.1) is 0 Å². The van der Waals surface area contributed by atoms with Crippen molar-refractivity contribution in [2.45, 2.75) is 35.6 Å². The Morgan fingerprint density at radius 1 is 1.07 bits per heavy atom. The number of benzene rings is 2. The Kier molecular flexibility index (Phi) is 7.40. The molecular weight excluding hydrogens is 404 g/mol. The van der Waals surface area contributed by atoms with E-state index in [1.807, 2.05) is 11.8 Å². The van der Waals surface area contributed by atoms with Crippen molar-refractivity contribution < 1.29 is 13.0 Å². The van der Waals surface area contributed by atoms with Gasteiger partial charge in [0.05, 0.1) is 6.26 Å². The number of rotatable bonds is 2. The first-order valence-corrected chi connectivity index (χ1v) is 12.6. The zero-order chi connectivity index (χ0) is 21.0. The second-order valence-corrected chi connectivity index (χ2v) is 10.3. The van der Waals surface area contributed by atoms with Crippen LogP contribution in [-0.4, -0.2) is 62.3 Å². The maximum Gasteiger partial charge on any atom is 0.261 e. The number of hydrogen-bond acceptors (Lipinski definition) is 5. The minimum absolute atomic E-state index is 0.510. The van der Waals surface area contributed by atoms with Crippen LogP contribution in [0.4, 0.5) is 0 Å². The smallest absolute Gasteiger partial charge is 0.261 e. The van der Waals surface area contributed by atoms with E-state index < -0.39 is 10.1 Å². The van der Waals surface area contributed by atoms with E-state index in [0.717, 1.165) is 12.8 Å². The minimum atomic E-state index is -3.67. The maximum atomic E-state index is 9.19. The molecule has 1 fully saturated rings. The molecule has 0 bridgehead atoms. The van der Waals surface area contributed by atoms with Crippen LogP contribution in [0, 0.1) is 0 Å². The third-order valence-electron chi connectivity index (χ3n) is 5.43. The highest BCUT2D eigenvalue weighted by molar-refractivity contribution is 7.99. The van der Waals surface area contributed by atoms with Gasteiger partial charge in [-0.3, -0.25) is 9.45 Å². The molecule has 0 saturated carbocycles. The SMILES string of the molecule is CCc1ccc2c(c1)Sc1ccccc1CC2N1CCN(C)CC1.CS(=O)(=O)O.